The Morgan fingerprint density at radius 2 is 1.93 bits per heavy atom. The summed E-state index contributed by atoms with van der Waals surface area (Å²) in [7, 11) is 0. The van der Waals surface area contributed by atoms with Crippen LogP contribution in [0.1, 0.15) is 39.1 Å². The van der Waals surface area contributed by atoms with E-state index in [1.54, 1.807) is 22.4 Å². The van der Waals surface area contributed by atoms with Crippen molar-refractivity contribution < 1.29 is 19.4 Å². The van der Waals surface area contributed by atoms with Crippen LogP contribution in [0, 0.1) is 0 Å². The average molecular weight is 598 g/mol. The van der Waals surface area contributed by atoms with Crippen LogP contribution in [0.4, 0.5) is 5.00 Å². The third-order valence-corrected chi connectivity index (χ3v) is 9.78. The zero-order chi connectivity index (χ0) is 28.2. The molecule has 3 saturated heterocycles. The number of morpholine rings is 1. The summed E-state index contributed by atoms with van der Waals surface area (Å²) in [5, 5.41) is 21.6. The van der Waals surface area contributed by atoms with E-state index in [4.69, 9.17) is 4.74 Å². The van der Waals surface area contributed by atoms with E-state index < -0.39 is 6.23 Å². The first kappa shape index (κ1) is 28.3. The summed E-state index contributed by atoms with van der Waals surface area (Å²) < 4.78 is 5.36. The van der Waals surface area contributed by atoms with Gasteiger partial charge in [-0.25, -0.2) is 9.97 Å². The molecule has 3 aliphatic heterocycles. The summed E-state index contributed by atoms with van der Waals surface area (Å²) >= 11 is 2.88. The Balaban J connectivity index is 0.959. The Hall–Kier alpha value is -2.78. The summed E-state index contributed by atoms with van der Waals surface area (Å²) in [4.78, 5) is 39.2. The third kappa shape index (κ3) is 7.00. The van der Waals surface area contributed by atoms with Gasteiger partial charge in [0.25, 0.3) is 5.91 Å². The Morgan fingerprint density at radius 3 is 2.68 bits per heavy atom. The zero-order valence-corrected chi connectivity index (χ0v) is 24.4. The molecule has 41 heavy (non-hydrogen) atoms. The van der Waals surface area contributed by atoms with Crippen molar-refractivity contribution >= 4 is 39.5 Å². The lowest BCUT2D eigenvalue weighted by atomic mass is 10.0. The number of anilines is 1. The van der Waals surface area contributed by atoms with Crippen molar-refractivity contribution in [3.63, 3.8) is 0 Å². The van der Waals surface area contributed by atoms with Crippen LogP contribution < -0.4 is 16.0 Å². The number of aliphatic hydroxyl groups excluding tert-OH is 1. The fourth-order valence-corrected chi connectivity index (χ4v) is 7.00. The van der Waals surface area contributed by atoms with Gasteiger partial charge in [0, 0.05) is 51.4 Å². The van der Waals surface area contributed by atoms with Crippen LogP contribution in [-0.4, -0.2) is 101 Å². The highest BCUT2D eigenvalue weighted by atomic mass is 32.1. The maximum absolute atomic E-state index is 12.9. The molecule has 0 radical (unpaired) electrons. The van der Waals surface area contributed by atoms with Gasteiger partial charge in [-0.3, -0.25) is 19.8 Å². The SMILES string of the molecule is O=C(Nc1cnc(C(=O)N2CC(c3ncc(-c4ccc(CNC(O)CN5CCOCC5)cc4)s3)C2)s1)[C@@H]1CCCN1. The van der Waals surface area contributed by atoms with Crippen LogP contribution in [0.3, 0.4) is 0 Å². The summed E-state index contributed by atoms with van der Waals surface area (Å²) in [6.45, 7) is 6.40. The summed E-state index contributed by atoms with van der Waals surface area (Å²) in [6.07, 6.45) is 4.70. The molecule has 2 aromatic heterocycles. The summed E-state index contributed by atoms with van der Waals surface area (Å²) in [5.74, 6) is 0.0295. The van der Waals surface area contributed by atoms with Crippen LogP contribution in [-0.2, 0) is 16.1 Å². The second-order valence-corrected chi connectivity index (χ2v) is 12.7. The monoisotopic (exact) mass is 597 g/mol. The molecule has 5 heterocycles. The Bertz CT molecular complexity index is 1330. The van der Waals surface area contributed by atoms with Crippen molar-refractivity contribution in [2.75, 3.05) is 57.8 Å². The van der Waals surface area contributed by atoms with Crippen molar-refractivity contribution in [2.24, 2.45) is 0 Å². The standard InChI is InChI=1S/C28H35N7O4S2/c36-23(17-34-8-10-39-11-9-34)30-12-18-3-5-19(6-4-18)22-13-31-26(40-22)20-15-35(16-20)28(38)27-32-14-24(41-27)33-25(37)21-2-1-7-29-21/h3-6,13-14,20-21,23,29-30,36H,1-2,7-12,15-17H2,(H,33,37)/t21-,23?/m0/s1. The number of benzene rings is 1. The number of β-amino-alcohol motifs (C(OH)–C–C–N with tert-alkyl or cyclic N) is 1. The molecule has 3 aliphatic rings. The number of carbonyl (C=O) groups excluding carboxylic acids is 2. The highest BCUT2D eigenvalue weighted by Crippen LogP contribution is 2.35. The lowest BCUT2D eigenvalue weighted by Crippen LogP contribution is -2.48. The second-order valence-electron chi connectivity index (χ2n) is 10.6. The first-order valence-electron chi connectivity index (χ1n) is 14.1. The zero-order valence-electron chi connectivity index (χ0n) is 22.8. The minimum absolute atomic E-state index is 0.0710. The van der Waals surface area contributed by atoms with Crippen LogP contribution in [0.15, 0.2) is 36.7 Å². The van der Waals surface area contributed by atoms with E-state index in [2.05, 4.69) is 55.1 Å². The van der Waals surface area contributed by atoms with Gasteiger partial charge in [-0.15, -0.1) is 11.3 Å². The number of likely N-dealkylation sites (tertiary alicyclic amines) is 1. The fourth-order valence-electron chi connectivity index (χ4n) is 5.21. The molecule has 11 nitrogen and oxygen atoms in total. The maximum atomic E-state index is 12.9. The van der Waals surface area contributed by atoms with Crippen LogP contribution >= 0.6 is 22.7 Å². The molecule has 13 heteroatoms. The number of hydrogen-bond acceptors (Lipinski definition) is 11. The normalized spacial score (nSPS) is 20.6. The molecule has 6 rings (SSSR count). The van der Waals surface area contributed by atoms with Gasteiger partial charge in [-0.1, -0.05) is 35.6 Å². The van der Waals surface area contributed by atoms with E-state index in [0.29, 0.717) is 36.2 Å². The predicted molar refractivity (Wildman–Crippen MR) is 158 cm³/mol. The lowest BCUT2D eigenvalue weighted by molar-refractivity contribution is -0.117. The van der Waals surface area contributed by atoms with Crippen molar-refractivity contribution in [1.82, 2.24) is 30.4 Å². The number of ether oxygens (including phenoxy) is 1. The molecule has 0 saturated carbocycles. The van der Waals surface area contributed by atoms with Gasteiger partial charge >= 0.3 is 0 Å². The fraction of sp³-hybridized carbons (Fsp3) is 0.500. The predicted octanol–water partition coefficient (Wildman–Crippen LogP) is 1.94. The number of nitrogens with zero attached hydrogens (tertiary/aromatic N) is 4. The number of nitrogens with one attached hydrogen (secondary N) is 3. The summed E-state index contributed by atoms with van der Waals surface area (Å²) in [5.41, 5.74) is 2.21. The summed E-state index contributed by atoms with van der Waals surface area (Å²) in [6, 6.07) is 8.14. The Labute approximate surface area is 246 Å². The molecule has 0 bridgehead atoms. The third-order valence-electron chi connectivity index (χ3n) is 7.67. The van der Waals surface area contributed by atoms with Crippen LogP contribution in [0.2, 0.25) is 0 Å². The van der Waals surface area contributed by atoms with Crippen LogP contribution in [0.5, 0.6) is 0 Å². The van der Waals surface area contributed by atoms with Gasteiger partial charge in [-0.2, -0.15) is 0 Å². The first-order valence-corrected chi connectivity index (χ1v) is 15.7. The van der Waals surface area contributed by atoms with E-state index in [9.17, 15) is 14.7 Å². The largest absolute Gasteiger partial charge is 0.379 e. The molecule has 3 aromatic rings. The molecule has 0 aliphatic carbocycles. The minimum atomic E-state index is -0.580. The van der Waals surface area contributed by atoms with Crippen molar-refractivity contribution in [3.05, 3.63) is 52.2 Å². The van der Waals surface area contributed by atoms with Crippen molar-refractivity contribution in [2.45, 2.75) is 37.6 Å². The van der Waals surface area contributed by atoms with Crippen molar-refractivity contribution in [3.8, 4) is 10.4 Å². The van der Waals surface area contributed by atoms with Crippen molar-refractivity contribution in [1.29, 1.82) is 0 Å². The lowest BCUT2D eigenvalue weighted by Gasteiger charge is -2.37. The topological polar surface area (TPSA) is 132 Å². The van der Waals surface area contributed by atoms with Gasteiger partial charge in [-0.05, 0) is 30.5 Å². The van der Waals surface area contributed by atoms with E-state index >= 15 is 0 Å². The molecule has 2 amide bonds. The quantitative estimate of drug-likeness (QED) is 0.259. The molecule has 4 N–H and O–H groups in total. The highest BCUT2D eigenvalue weighted by molar-refractivity contribution is 7.17. The van der Waals surface area contributed by atoms with Crippen LogP contribution in [0.25, 0.3) is 10.4 Å². The number of rotatable bonds is 10. The molecule has 218 valence electrons. The van der Waals surface area contributed by atoms with E-state index in [-0.39, 0.29) is 23.8 Å². The number of aliphatic hydroxyl groups is 1. The van der Waals surface area contributed by atoms with Gasteiger partial charge in [0.05, 0.1) is 35.3 Å². The van der Waals surface area contributed by atoms with Gasteiger partial charge in [0.2, 0.25) is 5.91 Å². The number of thiazole rings is 2. The molecule has 1 unspecified atom stereocenters. The molecular weight excluding hydrogens is 562 g/mol. The smallest absolute Gasteiger partial charge is 0.282 e. The first-order chi connectivity index (χ1) is 20.0. The van der Waals surface area contributed by atoms with E-state index in [1.807, 2.05) is 6.20 Å². The highest BCUT2D eigenvalue weighted by Gasteiger charge is 2.35. The number of amides is 2. The average Bonchev–Trinajstić information content (AvgIpc) is 3.75. The number of aromatic nitrogens is 2. The molecule has 0 spiro atoms. The van der Waals surface area contributed by atoms with Gasteiger partial charge < -0.3 is 25.4 Å². The second kappa shape index (κ2) is 13.0. The number of carbonyl (C=O) groups is 2. The van der Waals surface area contributed by atoms with Gasteiger partial charge in [0.1, 0.15) is 11.2 Å². The molecule has 1 aromatic carbocycles. The molecular formula is C28H35N7O4S2. The maximum Gasteiger partial charge on any atom is 0.282 e. The number of hydrogen-bond donors (Lipinski definition) is 4. The Morgan fingerprint density at radius 1 is 1.12 bits per heavy atom. The van der Waals surface area contributed by atoms with Gasteiger partial charge in [0.15, 0.2) is 5.01 Å². The Kier molecular flexibility index (Phi) is 9.01. The van der Waals surface area contributed by atoms with E-state index in [1.165, 1.54) is 11.3 Å². The molecule has 2 atom stereocenters. The molecule has 3 fully saturated rings. The van der Waals surface area contributed by atoms with E-state index in [0.717, 1.165) is 66.7 Å². The minimum Gasteiger partial charge on any atom is -0.379 e.